The quantitative estimate of drug-likeness (QED) is 0.685. The number of hydrogen-bond donors (Lipinski definition) is 3. The minimum atomic E-state index is 0.0438. The van der Waals surface area contributed by atoms with Gasteiger partial charge in [-0.3, -0.25) is 9.89 Å². The van der Waals surface area contributed by atoms with Gasteiger partial charge in [0.2, 0.25) is 5.91 Å². The van der Waals surface area contributed by atoms with Crippen LogP contribution in [-0.4, -0.2) is 28.7 Å². The minimum absolute atomic E-state index is 0.0438. The van der Waals surface area contributed by atoms with Crippen molar-refractivity contribution in [3.05, 3.63) is 36.5 Å². The largest absolute Gasteiger partial charge is 0.326 e. The lowest BCUT2D eigenvalue weighted by Gasteiger charge is -2.09. The SMILES string of the molecule is CC(C)NCCCC(=O)Nc1cccc(-c2ccn[nH]2)c1. The number of aromatic amines is 1. The van der Waals surface area contributed by atoms with Crippen molar-refractivity contribution in [2.45, 2.75) is 32.7 Å². The van der Waals surface area contributed by atoms with Crippen LogP contribution in [0.3, 0.4) is 0 Å². The molecule has 0 atom stereocenters. The Morgan fingerprint density at radius 3 is 2.90 bits per heavy atom. The number of anilines is 1. The highest BCUT2D eigenvalue weighted by molar-refractivity contribution is 5.91. The summed E-state index contributed by atoms with van der Waals surface area (Å²) in [5, 5.41) is 13.1. The van der Waals surface area contributed by atoms with Crippen LogP contribution < -0.4 is 10.6 Å². The topological polar surface area (TPSA) is 69.8 Å². The fourth-order valence-corrected chi connectivity index (χ4v) is 2.04. The van der Waals surface area contributed by atoms with E-state index in [2.05, 4.69) is 34.7 Å². The monoisotopic (exact) mass is 286 g/mol. The first-order valence-electron chi connectivity index (χ1n) is 7.28. The third kappa shape index (κ3) is 5.04. The molecule has 0 fully saturated rings. The summed E-state index contributed by atoms with van der Waals surface area (Å²) < 4.78 is 0. The standard InChI is InChI=1S/C16H22N4O/c1-12(2)17-9-4-7-16(21)19-14-6-3-5-13(11-14)15-8-10-18-20-15/h3,5-6,8,10-12,17H,4,7,9H2,1-2H3,(H,18,20)(H,19,21). The second-order valence-corrected chi connectivity index (χ2v) is 5.31. The van der Waals surface area contributed by atoms with Crippen LogP contribution >= 0.6 is 0 Å². The Morgan fingerprint density at radius 2 is 2.19 bits per heavy atom. The number of carbonyl (C=O) groups excluding carboxylic acids is 1. The number of aromatic nitrogens is 2. The second kappa shape index (κ2) is 7.59. The number of nitrogens with one attached hydrogen (secondary N) is 3. The molecule has 1 aromatic carbocycles. The molecule has 0 aliphatic heterocycles. The van der Waals surface area contributed by atoms with Crippen molar-refractivity contribution in [1.29, 1.82) is 0 Å². The average Bonchev–Trinajstić information content (AvgIpc) is 2.98. The van der Waals surface area contributed by atoms with Crippen molar-refractivity contribution in [1.82, 2.24) is 15.5 Å². The Hall–Kier alpha value is -2.14. The van der Waals surface area contributed by atoms with E-state index in [-0.39, 0.29) is 5.91 Å². The molecular formula is C16H22N4O. The fourth-order valence-electron chi connectivity index (χ4n) is 2.04. The van der Waals surface area contributed by atoms with E-state index in [4.69, 9.17) is 0 Å². The van der Waals surface area contributed by atoms with Crippen LogP contribution in [-0.2, 0) is 4.79 Å². The van der Waals surface area contributed by atoms with Gasteiger partial charge in [0.05, 0.1) is 5.69 Å². The highest BCUT2D eigenvalue weighted by atomic mass is 16.1. The van der Waals surface area contributed by atoms with Crippen LogP contribution in [0.2, 0.25) is 0 Å². The van der Waals surface area contributed by atoms with E-state index in [0.717, 1.165) is 29.9 Å². The molecule has 0 bridgehead atoms. The summed E-state index contributed by atoms with van der Waals surface area (Å²) in [5.74, 6) is 0.0438. The van der Waals surface area contributed by atoms with Gasteiger partial charge in [-0.2, -0.15) is 5.10 Å². The summed E-state index contributed by atoms with van der Waals surface area (Å²) in [7, 11) is 0. The van der Waals surface area contributed by atoms with Crippen LogP contribution in [0.4, 0.5) is 5.69 Å². The molecule has 2 aromatic rings. The summed E-state index contributed by atoms with van der Waals surface area (Å²) in [4.78, 5) is 11.9. The molecule has 0 aliphatic rings. The van der Waals surface area contributed by atoms with Gasteiger partial charge in [-0.1, -0.05) is 26.0 Å². The van der Waals surface area contributed by atoms with Crippen molar-refractivity contribution < 1.29 is 4.79 Å². The fraction of sp³-hybridized carbons (Fsp3) is 0.375. The van der Waals surface area contributed by atoms with Crippen LogP contribution in [0.25, 0.3) is 11.3 Å². The van der Waals surface area contributed by atoms with Crippen molar-refractivity contribution in [2.75, 3.05) is 11.9 Å². The Morgan fingerprint density at radius 1 is 1.33 bits per heavy atom. The van der Waals surface area contributed by atoms with Crippen LogP contribution in [0.5, 0.6) is 0 Å². The first-order valence-corrected chi connectivity index (χ1v) is 7.28. The first-order chi connectivity index (χ1) is 10.1. The summed E-state index contributed by atoms with van der Waals surface area (Å²) >= 11 is 0. The first kappa shape index (κ1) is 15.3. The lowest BCUT2D eigenvalue weighted by atomic mass is 10.1. The minimum Gasteiger partial charge on any atom is -0.326 e. The van der Waals surface area contributed by atoms with Gasteiger partial charge in [-0.05, 0) is 31.2 Å². The second-order valence-electron chi connectivity index (χ2n) is 5.31. The molecule has 21 heavy (non-hydrogen) atoms. The zero-order valence-corrected chi connectivity index (χ0v) is 12.5. The number of H-pyrrole nitrogens is 1. The van der Waals surface area contributed by atoms with E-state index in [1.54, 1.807) is 6.20 Å². The summed E-state index contributed by atoms with van der Waals surface area (Å²) in [5.41, 5.74) is 2.75. The molecule has 0 unspecified atom stereocenters. The van der Waals surface area contributed by atoms with Crippen molar-refractivity contribution in [2.24, 2.45) is 0 Å². The van der Waals surface area contributed by atoms with Crippen LogP contribution in [0.1, 0.15) is 26.7 Å². The highest BCUT2D eigenvalue weighted by Crippen LogP contribution is 2.20. The van der Waals surface area contributed by atoms with Gasteiger partial charge in [-0.15, -0.1) is 0 Å². The average molecular weight is 286 g/mol. The van der Waals surface area contributed by atoms with Crippen LogP contribution in [0.15, 0.2) is 36.5 Å². The van der Waals surface area contributed by atoms with Gasteiger partial charge in [0.25, 0.3) is 0 Å². The summed E-state index contributed by atoms with van der Waals surface area (Å²) in [6, 6.07) is 10.1. The lowest BCUT2D eigenvalue weighted by molar-refractivity contribution is -0.116. The number of benzene rings is 1. The zero-order valence-electron chi connectivity index (χ0n) is 12.5. The third-order valence-corrected chi connectivity index (χ3v) is 3.09. The Bertz CT molecular complexity index is 563. The molecule has 1 heterocycles. The van der Waals surface area contributed by atoms with Gasteiger partial charge < -0.3 is 10.6 Å². The maximum atomic E-state index is 11.9. The van der Waals surface area contributed by atoms with Gasteiger partial charge in [-0.25, -0.2) is 0 Å². The van der Waals surface area contributed by atoms with Gasteiger partial charge in [0, 0.05) is 29.9 Å². The van der Waals surface area contributed by atoms with Gasteiger partial charge in [0.1, 0.15) is 0 Å². The van der Waals surface area contributed by atoms with Crippen LogP contribution in [0, 0.1) is 0 Å². The number of rotatable bonds is 7. The Labute approximate surface area is 125 Å². The molecule has 0 aliphatic carbocycles. The molecule has 3 N–H and O–H groups in total. The Balaban J connectivity index is 1.85. The Kier molecular flexibility index (Phi) is 5.51. The molecule has 5 heteroatoms. The predicted molar refractivity (Wildman–Crippen MR) is 85.0 cm³/mol. The number of carbonyl (C=O) groups is 1. The van der Waals surface area contributed by atoms with Crippen molar-refractivity contribution >= 4 is 11.6 Å². The van der Waals surface area contributed by atoms with Crippen molar-refractivity contribution in [3.63, 3.8) is 0 Å². The van der Waals surface area contributed by atoms with E-state index < -0.39 is 0 Å². The number of hydrogen-bond acceptors (Lipinski definition) is 3. The zero-order chi connectivity index (χ0) is 15.1. The molecule has 5 nitrogen and oxygen atoms in total. The number of amides is 1. The molecule has 1 amide bonds. The molecule has 0 radical (unpaired) electrons. The maximum Gasteiger partial charge on any atom is 0.224 e. The predicted octanol–water partition coefficient (Wildman–Crippen LogP) is 2.79. The van der Waals surface area contributed by atoms with E-state index in [0.29, 0.717) is 12.5 Å². The van der Waals surface area contributed by atoms with E-state index in [9.17, 15) is 4.79 Å². The lowest BCUT2D eigenvalue weighted by Crippen LogP contribution is -2.24. The van der Waals surface area contributed by atoms with Gasteiger partial charge in [0.15, 0.2) is 0 Å². The summed E-state index contributed by atoms with van der Waals surface area (Å²) in [6.07, 6.45) is 3.07. The molecule has 0 saturated carbocycles. The molecule has 1 aromatic heterocycles. The molecule has 2 rings (SSSR count). The van der Waals surface area contributed by atoms with E-state index in [1.165, 1.54) is 0 Å². The number of nitrogens with zero attached hydrogens (tertiary/aromatic N) is 1. The summed E-state index contributed by atoms with van der Waals surface area (Å²) in [6.45, 7) is 5.06. The molecule has 0 saturated heterocycles. The maximum absolute atomic E-state index is 11.9. The van der Waals surface area contributed by atoms with E-state index in [1.807, 2.05) is 30.3 Å². The van der Waals surface area contributed by atoms with E-state index >= 15 is 0 Å². The van der Waals surface area contributed by atoms with Crippen molar-refractivity contribution in [3.8, 4) is 11.3 Å². The molecular weight excluding hydrogens is 264 g/mol. The smallest absolute Gasteiger partial charge is 0.224 e. The third-order valence-electron chi connectivity index (χ3n) is 3.09. The molecule has 0 spiro atoms. The molecule has 112 valence electrons. The normalized spacial score (nSPS) is 10.8. The van der Waals surface area contributed by atoms with Gasteiger partial charge >= 0.3 is 0 Å². The highest BCUT2D eigenvalue weighted by Gasteiger charge is 2.04.